The molecule has 5 heteroatoms. The number of para-hydroxylation sites is 1. The number of furan rings is 1. The molecule has 19 heavy (non-hydrogen) atoms. The molecule has 0 saturated carbocycles. The van der Waals surface area contributed by atoms with Crippen LogP contribution in [0.15, 0.2) is 44.6 Å². The highest BCUT2D eigenvalue weighted by Gasteiger charge is 2.19. The van der Waals surface area contributed by atoms with Crippen molar-refractivity contribution in [1.82, 2.24) is 5.32 Å². The molecule has 0 amide bonds. The predicted molar refractivity (Wildman–Crippen MR) is 84.1 cm³/mol. The fraction of sp³-hybridized carbons (Fsp3) is 0.143. The molecule has 2 nitrogen and oxygen atoms in total. The molecule has 0 spiro atoms. The lowest BCUT2D eigenvalue weighted by atomic mass is 10.1. The Labute approximate surface area is 128 Å². The molecule has 0 bridgehead atoms. The van der Waals surface area contributed by atoms with Crippen molar-refractivity contribution in [3.63, 3.8) is 0 Å². The van der Waals surface area contributed by atoms with E-state index in [1.54, 1.807) is 11.3 Å². The van der Waals surface area contributed by atoms with E-state index in [1.807, 2.05) is 37.4 Å². The third-order valence-corrected chi connectivity index (χ3v) is 4.95. The quantitative estimate of drug-likeness (QED) is 0.696. The van der Waals surface area contributed by atoms with Crippen LogP contribution in [0, 0.1) is 0 Å². The Morgan fingerprint density at radius 1 is 1.32 bits per heavy atom. The summed E-state index contributed by atoms with van der Waals surface area (Å²) in [6, 6.07) is 12.0. The Kier molecular flexibility index (Phi) is 3.67. The molecule has 1 unspecified atom stereocenters. The van der Waals surface area contributed by atoms with Gasteiger partial charge in [-0.2, -0.15) is 0 Å². The second-order valence-electron chi connectivity index (χ2n) is 4.17. The first-order valence-electron chi connectivity index (χ1n) is 5.79. The highest BCUT2D eigenvalue weighted by molar-refractivity contribution is 9.11. The molecule has 1 N–H and O–H groups in total. The molecule has 1 aromatic carbocycles. The topological polar surface area (TPSA) is 25.2 Å². The lowest BCUT2D eigenvalue weighted by molar-refractivity contribution is 0.495. The number of nitrogens with one attached hydrogen (secondary N) is 1. The maximum atomic E-state index is 6.15. The molecule has 0 aliphatic rings. The van der Waals surface area contributed by atoms with E-state index >= 15 is 0 Å². The average Bonchev–Trinajstić information content (AvgIpc) is 2.98. The Balaban J connectivity index is 2.09. The van der Waals surface area contributed by atoms with Gasteiger partial charge in [-0.1, -0.05) is 23.7 Å². The van der Waals surface area contributed by atoms with Crippen molar-refractivity contribution in [2.24, 2.45) is 0 Å². The standard InChI is InChI=1S/C14H11BrClNOS/c1-17-13(11-5-6-12(15)19-11)10-7-8-3-2-4-9(16)14(8)18-10/h2-7,13,17H,1H3. The zero-order valence-corrected chi connectivity index (χ0v) is 13.3. The molecule has 2 aromatic heterocycles. The van der Waals surface area contributed by atoms with Crippen molar-refractivity contribution in [2.75, 3.05) is 7.05 Å². The van der Waals surface area contributed by atoms with Gasteiger partial charge in [-0.15, -0.1) is 11.3 Å². The molecule has 98 valence electrons. The molecule has 3 rings (SSSR count). The van der Waals surface area contributed by atoms with Gasteiger partial charge in [-0.3, -0.25) is 0 Å². The fourth-order valence-electron chi connectivity index (χ4n) is 2.10. The lowest BCUT2D eigenvalue weighted by Gasteiger charge is -2.10. The van der Waals surface area contributed by atoms with E-state index in [1.165, 1.54) is 4.88 Å². The number of hydrogen-bond donors (Lipinski definition) is 1. The number of halogens is 2. The summed E-state index contributed by atoms with van der Waals surface area (Å²) < 4.78 is 7.02. The van der Waals surface area contributed by atoms with E-state index in [0.717, 1.165) is 20.5 Å². The third kappa shape index (κ3) is 2.46. The Morgan fingerprint density at radius 2 is 2.16 bits per heavy atom. The van der Waals surface area contributed by atoms with Crippen molar-refractivity contribution in [1.29, 1.82) is 0 Å². The Morgan fingerprint density at radius 3 is 2.79 bits per heavy atom. The van der Waals surface area contributed by atoms with Crippen molar-refractivity contribution in [3.8, 4) is 0 Å². The molecule has 0 fully saturated rings. The SMILES string of the molecule is CNC(c1cc2cccc(Cl)c2o1)c1ccc(Br)s1. The van der Waals surface area contributed by atoms with E-state index in [-0.39, 0.29) is 6.04 Å². The summed E-state index contributed by atoms with van der Waals surface area (Å²) in [6.07, 6.45) is 0. The fourth-order valence-corrected chi connectivity index (χ4v) is 3.86. The van der Waals surface area contributed by atoms with Gasteiger partial charge < -0.3 is 9.73 Å². The lowest BCUT2D eigenvalue weighted by Crippen LogP contribution is -2.15. The number of benzene rings is 1. The molecule has 2 heterocycles. The van der Waals surface area contributed by atoms with E-state index < -0.39 is 0 Å². The molecule has 0 aliphatic heterocycles. The molecule has 0 aliphatic carbocycles. The number of hydrogen-bond acceptors (Lipinski definition) is 3. The largest absolute Gasteiger partial charge is 0.457 e. The second kappa shape index (κ2) is 5.29. The van der Waals surface area contributed by atoms with Crippen LogP contribution in [-0.4, -0.2) is 7.05 Å². The van der Waals surface area contributed by atoms with Gasteiger partial charge in [-0.05, 0) is 47.2 Å². The smallest absolute Gasteiger partial charge is 0.152 e. The second-order valence-corrected chi connectivity index (χ2v) is 7.07. The Bertz CT molecular complexity index is 721. The zero-order valence-electron chi connectivity index (χ0n) is 10.1. The number of fused-ring (bicyclic) bond motifs is 1. The van der Waals surface area contributed by atoms with Crippen molar-refractivity contribution in [2.45, 2.75) is 6.04 Å². The molecule has 3 aromatic rings. The molecular formula is C14H11BrClNOS. The first-order chi connectivity index (χ1) is 9.19. The average molecular weight is 357 g/mol. The molecular weight excluding hydrogens is 346 g/mol. The van der Waals surface area contributed by atoms with E-state index in [0.29, 0.717) is 5.02 Å². The van der Waals surface area contributed by atoms with Crippen molar-refractivity contribution < 1.29 is 4.42 Å². The third-order valence-electron chi connectivity index (χ3n) is 2.97. The van der Waals surface area contributed by atoms with Gasteiger partial charge in [0, 0.05) is 10.3 Å². The minimum Gasteiger partial charge on any atom is -0.457 e. The van der Waals surface area contributed by atoms with Crippen LogP contribution in [-0.2, 0) is 0 Å². The maximum Gasteiger partial charge on any atom is 0.152 e. The normalized spacial score (nSPS) is 13.0. The van der Waals surface area contributed by atoms with Crippen LogP contribution in [0.25, 0.3) is 11.0 Å². The van der Waals surface area contributed by atoms with Gasteiger partial charge in [0.25, 0.3) is 0 Å². The van der Waals surface area contributed by atoms with Crippen molar-refractivity contribution in [3.05, 3.63) is 55.8 Å². The highest BCUT2D eigenvalue weighted by Crippen LogP contribution is 2.35. The van der Waals surface area contributed by atoms with E-state index in [9.17, 15) is 0 Å². The van der Waals surface area contributed by atoms with Gasteiger partial charge in [0.2, 0.25) is 0 Å². The van der Waals surface area contributed by atoms with Crippen LogP contribution in [0.3, 0.4) is 0 Å². The van der Waals surface area contributed by atoms with Crippen LogP contribution >= 0.6 is 38.9 Å². The molecule has 1 atom stereocenters. The van der Waals surface area contributed by atoms with Gasteiger partial charge in [0.1, 0.15) is 11.8 Å². The van der Waals surface area contributed by atoms with Crippen molar-refractivity contribution >= 4 is 49.8 Å². The zero-order chi connectivity index (χ0) is 13.4. The summed E-state index contributed by atoms with van der Waals surface area (Å²) in [5.74, 6) is 0.875. The van der Waals surface area contributed by atoms with Crippen LogP contribution in [0.1, 0.15) is 16.7 Å². The summed E-state index contributed by atoms with van der Waals surface area (Å²) >= 11 is 11.3. The summed E-state index contributed by atoms with van der Waals surface area (Å²) in [7, 11) is 1.92. The van der Waals surface area contributed by atoms with Gasteiger partial charge >= 0.3 is 0 Å². The summed E-state index contributed by atoms with van der Waals surface area (Å²) in [5, 5.41) is 4.95. The summed E-state index contributed by atoms with van der Waals surface area (Å²) in [5.41, 5.74) is 0.745. The van der Waals surface area contributed by atoms with E-state index in [4.69, 9.17) is 16.0 Å². The molecule has 0 saturated heterocycles. The van der Waals surface area contributed by atoms with Crippen LogP contribution in [0.4, 0.5) is 0 Å². The van der Waals surface area contributed by atoms with Gasteiger partial charge in [-0.25, -0.2) is 0 Å². The summed E-state index contributed by atoms with van der Waals surface area (Å²) in [4.78, 5) is 1.20. The Hall–Kier alpha value is -0.810. The first kappa shape index (κ1) is 13.2. The highest BCUT2D eigenvalue weighted by atomic mass is 79.9. The van der Waals surface area contributed by atoms with Crippen LogP contribution in [0.5, 0.6) is 0 Å². The number of thiophene rings is 1. The monoisotopic (exact) mass is 355 g/mol. The minimum atomic E-state index is 0.0415. The predicted octanol–water partition coefficient (Wildman–Crippen LogP) is 5.22. The minimum absolute atomic E-state index is 0.0415. The maximum absolute atomic E-state index is 6.15. The number of rotatable bonds is 3. The van der Waals surface area contributed by atoms with E-state index in [2.05, 4.69) is 27.3 Å². The van der Waals surface area contributed by atoms with Gasteiger partial charge in [0.05, 0.1) is 8.81 Å². The molecule has 0 radical (unpaired) electrons. The summed E-state index contributed by atoms with van der Waals surface area (Å²) in [6.45, 7) is 0. The van der Waals surface area contributed by atoms with Crippen LogP contribution < -0.4 is 5.32 Å². The first-order valence-corrected chi connectivity index (χ1v) is 7.78. The van der Waals surface area contributed by atoms with Gasteiger partial charge in [0.15, 0.2) is 5.58 Å². The van der Waals surface area contributed by atoms with Crippen LogP contribution in [0.2, 0.25) is 5.02 Å².